The lowest BCUT2D eigenvalue weighted by Gasteiger charge is -2.39. The first-order chi connectivity index (χ1) is 5.83. The monoisotopic (exact) mass is 201 g/mol. The molecule has 0 aromatic rings. The summed E-state index contributed by atoms with van der Waals surface area (Å²) < 4.78 is 6.07. The van der Waals surface area contributed by atoms with Gasteiger partial charge in [0, 0.05) is 12.6 Å². The summed E-state index contributed by atoms with van der Waals surface area (Å²) in [4.78, 5) is 0. The van der Waals surface area contributed by atoms with Crippen LogP contribution >= 0.6 is 0 Å². The summed E-state index contributed by atoms with van der Waals surface area (Å²) in [5, 5.41) is 3.71. The van der Waals surface area contributed by atoms with Gasteiger partial charge in [0.05, 0.1) is 0 Å². The molecule has 1 fully saturated rings. The molecule has 1 atom stereocenters. The van der Waals surface area contributed by atoms with E-state index in [1.54, 1.807) is 0 Å². The minimum atomic E-state index is -1.49. The Balaban J connectivity index is 2.32. The molecule has 1 aliphatic heterocycles. The highest BCUT2D eigenvalue weighted by atomic mass is 28.4. The summed E-state index contributed by atoms with van der Waals surface area (Å²) in [6.45, 7) is 13.6. The van der Waals surface area contributed by atoms with Crippen molar-refractivity contribution >= 4 is 8.32 Å². The van der Waals surface area contributed by atoms with Gasteiger partial charge in [0.15, 0.2) is 8.32 Å². The van der Waals surface area contributed by atoms with Crippen LogP contribution in [-0.2, 0) is 4.43 Å². The zero-order valence-electron chi connectivity index (χ0n) is 9.61. The molecule has 0 saturated carbocycles. The van der Waals surface area contributed by atoms with E-state index in [1.807, 2.05) is 0 Å². The van der Waals surface area contributed by atoms with Gasteiger partial charge < -0.3 is 9.74 Å². The molecule has 13 heavy (non-hydrogen) atoms. The Hall–Kier alpha value is 0.137. The molecule has 1 N–H and O–H groups in total. The first kappa shape index (κ1) is 11.2. The fourth-order valence-electron chi connectivity index (χ4n) is 1.02. The lowest BCUT2D eigenvalue weighted by molar-refractivity contribution is 0.201. The molecule has 1 saturated heterocycles. The van der Waals surface area contributed by atoms with Gasteiger partial charge in [-0.2, -0.15) is 0 Å². The van der Waals surface area contributed by atoms with E-state index < -0.39 is 8.32 Å². The van der Waals surface area contributed by atoms with Crippen LogP contribution in [0.1, 0.15) is 27.2 Å². The van der Waals surface area contributed by atoms with Crippen molar-refractivity contribution < 1.29 is 4.43 Å². The van der Waals surface area contributed by atoms with Crippen molar-refractivity contribution in [2.45, 2.75) is 51.4 Å². The lowest BCUT2D eigenvalue weighted by atomic mass is 10.1. The third-order valence-electron chi connectivity index (χ3n) is 3.38. The van der Waals surface area contributed by atoms with Crippen molar-refractivity contribution in [2.24, 2.45) is 0 Å². The van der Waals surface area contributed by atoms with Crippen LogP contribution in [0.5, 0.6) is 0 Å². The normalized spacial score (nSPS) is 24.2. The summed E-state index contributed by atoms with van der Waals surface area (Å²) in [6.07, 6.45) is 1.29. The Bertz CT molecular complexity index is 170. The average Bonchev–Trinajstić information content (AvgIpc) is 1.80. The third-order valence-corrected chi connectivity index (χ3v) is 7.88. The second kappa shape index (κ2) is 3.71. The van der Waals surface area contributed by atoms with Crippen molar-refractivity contribution in [2.75, 3.05) is 13.2 Å². The molecule has 0 aromatic carbocycles. The van der Waals surface area contributed by atoms with Crippen molar-refractivity contribution in [3.8, 4) is 0 Å². The lowest BCUT2D eigenvalue weighted by Crippen LogP contribution is -2.50. The summed E-state index contributed by atoms with van der Waals surface area (Å²) in [5.74, 6) is 0. The molecule has 0 bridgehead atoms. The molecule has 0 aliphatic carbocycles. The predicted octanol–water partition coefficient (Wildman–Crippen LogP) is 2.37. The fraction of sp³-hybridized carbons (Fsp3) is 1.00. The van der Waals surface area contributed by atoms with Crippen LogP contribution in [0.3, 0.4) is 0 Å². The van der Waals surface area contributed by atoms with Crippen LogP contribution in [0.2, 0.25) is 18.1 Å². The first-order valence-electron chi connectivity index (χ1n) is 5.20. The molecule has 3 heteroatoms. The van der Waals surface area contributed by atoms with Crippen LogP contribution in [0.4, 0.5) is 0 Å². The van der Waals surface area contributed by atoms with Gasteiger partial charge in [-0.05, 0) is 31.1 Å². The van der Waals surface area contributed by atoms with Crippen LogP contribution < -0.4 is 5.32 Å². The van der Waals surface area contributed by atoms with Gasteiger partial charge in [0.1, 0.15) is 0 Å². The molecule has 0 spiro atoms. The quantitative estimate of drug-likeness (QED) is 0.708. The van der Waals surface area contributed by atoms with E-state index in [1.165, 1.54) is 13.0 Å². The number of hydrogen-bond donors (Lipinski definition) is 1. The molecule has 0 radical (unpaired) electrons. The van der Waals surface area contributed by atoms with E-state index >= 15 is 0 Å². The SMILES string of the molecule is CC(C)(C)[Si](C)(C)OC[C@@H]1CCN1. The van der Waals surface area contributed by atoms with Crippen LogP contribution in [0.25, 0.3) is 0 Å². The number of nitrogens with one attached hydrogen (secondary N) is 1. The van der Waals surface area contributed by atoms with E-state index in [4.69, 9.17) is 4.43 Å². The Morgan fingerprint density at radius 3 is 2.23 bits per heavy atom. The smallest absolute Gasteiger partial charge is 0.192 e. The van der Waals surface area contributed by atoms with Crippen LogP contribution in [0, 0.1) is 0 Å². The largest absolute Gasteiger partial charge is 0.415 e. The van der Waals surface area contributed by atoms with Gasteiger partial charge in [0.25, 0.3) is 0 Å². The minimum absolute atomic E-state index is 0.344. The van der Waals surface area contributed by atoms with Gasteiger partial charge in [-0.1, -0.05) is 20.8 Å². The fourth-order valence-corrected chi connectivity index (χ4v) is 2.07. The maximum atomic E-state index is 6.07. The van der Waals surface area contributed by atoms with E-state index in [0.717, 1.165) is 6.61 Å². The molecular formula is C10H23NOSi. The second-order valence-electron chi connectivity index (χ2n) is 5.51. The Labute approximate surface area is 83.2 Å². The highest BCUT2D eigenvalue weighted by molar-refractivity contribution is 6.74. The zero-order chi connectivity index (χ0) is 10.1. The Morgan fingerprint density at radius 1 is 1.38 bits per heavy atom. The molecule has 1 rings (SSSR count). The van der Waals surface area contributed by atoms with Gasteiger partial charge >= 0.3 is 0 Å². The Kier molecular flexibility index (Phi) is 3.20. The molecule has 1 aliphatic rings. The van der Waals surface area contributed by atoms with Gasteiger partial charge in [-0.15, -0.1) is 0 Å². The molecule has 0 unspecified atom stereocenters. The topological polar surface area (TPSA) is 21.3 Å². The molecule has 0 aromatic heterocycles. The van der Waals surface area contributed by atoms with Crippen molar-refractivity contribution in [3.05, 3.63) is 0 Å². The number of rotatable bonds is 3. The minimum Gasteiger partial charge on any atom is -0.415 e. The van der Waals surface area contributed by atoms with E-state index in [9.17, 15) is 0 Å². The predicted molar refractivity (Wildman–Crippen MR) is 59.6 cm³/mol. The number of hydrogen-bond acceptors (Lipinski definition) is 2. The maximum Gasteiger partial charge on any atom is 0.192 e. The van der Waals surface area contributed by atoms with E-state index in [0.29, 0.717) is 11.1 Å². The molecule has 78 valence electrons. The Morgan fingerprint density at radius 2 is 1.92 bits per heavy atom. The molecule has 0 amide bonds. The molecule has 1 heterocycles. The third kappa shape index (κ3) is 2.79. The molecular weight excluding hydrogens is 178 g/mol. The zero-order valence-corrected chi connectivity index (χ0v) is 10.6. The van der Waals surface area contributed by atoms with Crippen molar-refractivity contribution in [1.29, 1.82) is 0 Å². The van der Waals surface area contributed by atoms with Crippen LogP contribution in [0.15, 0.2) is 0 Å². The van der Waals surface area contributed by atoms with Gasteiger partial charge in [-0.25, -0.2) is 0 Å². The highest BCUT2D eigenvalue weighted by Gasteiger charge is 2.37. The summed E-state index contributed by atoms with van der Waals surface area (Å²) in [6, 6.07) is 0.633. The standard InChI is InChI=1S/C10H23NOSi/c1-10(2,3)13(4,5)12-8-9-6-7-11-9/h9,11H,6-8H2,1-5H3/t9-/m0/s1. The first-order valence-corrected chi connectivity index (χ1v) is 8.11. The molecule has 2 nitrogen and oxygen atoms in total. The summed E-state index contributed by atoms with van der Waals surface area (Å²) in [5.41, 5.74) is 0. The summed E-state index contributed by atoms with van der Waals surface area (Å²) >= 11 is 0. The van der Waals surface area contributed by atoms with Crippen molar-refractivity contribution in [1.82, 2.24) is 5.32 Å². The van der Waals surface area contributed by atoms with Crippen molar-refractivity contribution in [3.63, 3.8) is 0 Å². The van der Waals surface area contributed by atoms with E-state index in [-0.39, 0.29) is 0 Å². The second-order valence-corrected chi connectivity index (χ2v) is 10.3. The highest BCUT2D eigenvalue weighted by Crippen LogP contribution is 2.36. The van der Waals surface area contributed by atoms with Gasteiger partial charge in [-0.3, -0.25) is 0 Å². The van der Waals surface area contributed by atoms with Crippen LogP contribution in [-0.4, -0.2) is 27.5 Å². The summed E-state index contributed by atoms with van der Waals surface area (Å²) in [7, 11) is -1.49. The average molecular weight is 201 g/mol. The maximum absolute atomic E-state index is 6.07. The van der Waals surface area contributed by atoms with E-state index in [2.05, 4.69) is 39.2 Å². The van der Waals surface area contributed by atoms with Gasteiger partial charge in [0.2, 0.25) is 0 Å².